The van der Waals surface area contributed by atoms with Crippen LogP contribution in [0.1, 0.15) is 38.3 Å². The molecule has 1 aliphatic heterocycles. The highest BCUT2D eigenvalue weighted by Crippen LogP contribution is 2.33. The molecule has 1 saturated heterocycles. The van der Waals surface area contributed by atoms with Gasteiger partial charge in [0.25, 0.3) is 5.91 Å². The van der Waals surface area contributed by atoms with Crippen LogP contribution in [0, 0.1) is 0 Å². The van der Waals surface area contributed by atoms with Crippen molar-refractivity contribution in [2.24, 2.45) is 0 Å². The van der Waals surface area contributed by atoms with Crippen LogP contribution in [0.25, 0.3) is 0 Å². The molecule has 24 heavy (non-hydrogen) atoms. The lowest BCUT2D eigenvalue weighted by molar-refractivity contribution is -0.157. The molecule has 3 rings (SSSR count). The van der Waals surface area contributed by atoms with Gasteiger partial charge in [0.2, 0.25) is 0 Å². The maximum atomic E-state index is 12.8. The van der Waals surface area contributed by atoms with E-state index in [1.165, 1.54) is 5.56 Å². The normalized spacial score (nSPS) is 23.2. The molecule has 0 bridgehead atoms. The maximum absolute atomic E-state index is 12.8. The van der Waals surface area contributed by atoms with Crippen molar-refractivity contribution in [1.29, 1.82) is 0 Å². The van der Waals surface area contributed by atoms with Gasteiger partial charge >= 0.3 is 12.0 Å². The smallest absolute Gasteiger partial charge is 0.326 e. The van der Waals surface area contributed by atoms with Crippen molar-refractivity contribution >= 4 is 17.9 Å². The van der Waals surface area contributed by atoms with Gasteiger partial charge in [0, 0.05) is 6.42 Å². The summed E-state index contributed by atoms with van der Waals surface area (Å²) in [6.45, 7) is 4.88. The molecule has 1 spiro atoms. The predicted octanol–water partition coefficient (Wildman–Crippen LogP) is 1.81. The van der Waals surface area contributed by atoms with Crippen molar-refractivity contribution in [3.8, 4) is 0 Å². The van der Waals surface area contributed by atoms with Crippen LogP contribution in [0.5, 0.6) is 0 Å². The number of esters is 1. The zero-order chi connectivity index (χ0) is 17.5. The molecular formula is C18H22N2O4. The average Bonchev–Trinajstić information content (AvgIpc) is 2.70. The summed E-state index contributed by atoms with van der Waals surface area (Å²) >= 11 is 0. The third-order valence-corrected chi connectivity index (χ3v) is 4.38. The minimum Gasteiger partial charge on any atom is -0.459 e. The molecule has 1 heterocycles. The second-order valence-electron chi connectivity index (χ2n) is 7.44. The number of aryl methyl sites for hydroxylation is 1. The summed E-state index contributed by atoms with van der Waals surface area (Å²) in [6.07, 6.45) is 1.72. The second kappa shape index (κ2) is 5.61. The van der Waals surface area contributed by atoms with E-state index in [2.05, 4.69) is 5.32 Å². The highest BCUT2D eigenvalue weighted by Gasteiger charge is 2.52. The fourth-order valence-corrected chi connectivity index (χ4v) is 3.35. The van der Waals surface area contributed by atoms with Gasteiger partial charge in [0.15, 0.2) is 0 Å². The van der Waals surface area contributed by atoms with Gasteiger partial charge in [-0.15, -0.1) is 0 Å². The number of benzene rings is 1. The highest BCUT2D eigenvalue weighted by molar-refractivity contribution is 6.09. The number of hydrogen-bond acceptors (Lipinski definition) is 4. The van der Waals surface area contributed by atoms with E-state index in [0.717, 1.165) is 16.9 Å². The molecule has 0 radical (unpaired) electrons. The summed E-state index contributed by atoms with van der Waals surface area (Å²) < 4.78 is 5.22. The minimum atomic E-state index is -0.937. The number of fused-ring (bicyclic) bond motifs is 1. The Morgan fingerprint density at radius 3 is 2.58 bits per heavy atom. The van der Waals surface area contributed by atoms with E-state index in [-0.39, 0.29) is 12.5 Å². The van der Waals surface area contributed by atoms with Crippen LogP contribution < -0.4 is 5.32 Å². The lowest BCUT2D eigenvalue weighted by Crippen LogP contribution is -2.51. The molecule has 1 unspecified atom stereocenters. The van der Waals surface area contributed by atoms with Gasteiger partial charge in [0.1, 0.15) is 17.7 Å². The first kappa shape index (κ1) is 16.5. The summed E-state index contributed by atoms with van der Waals surface area (Å²) in [6, 6.07) is 7.40. The quantitative estimate of drug-likeness (QED) is 0.663. The van der Waals surface area contributed by atoms with Crippen LogP contribution in [0.3, 0.4) is 0 Å². The molecule has 128 valence electrons. The lowest BCUT2D eigenvalue weighted by Gasteiger charge is -2.32. The standard InChI is InChI=1S/C18H22N2O4/c1-17(2,3)24-14(21)11-20-15(22)18(19-16(20)23)9-8-12-6-4-5-7-13(12)10-18/h4-7H,8-11H2,1-3H3,(H,19,23). The molecule has 1 N–H and O–H groups in total. The van der Waals surface area contributed by atoms with Gasteiger partial charge in [-0.2, -0.15) is 0 Å². The average molecular weight is 330 g/mol. The van der Waals surface area contributed by atoms with E-state index in [1.807, 2.05) is 24.3 Å². The van der Waals surface area contributed by atoms with E-state index in [0.29, 0.717) is 12.8 Å². The Kier molecular flexibility index (Phi) is 3.86. The molecule has 6 heteroatoms. The molecule has 0 aromatic heterocycles. The summed E-state index contributed by atoms with van der Waals surface area (Å²) in [5, 5.41) is 2.81. The molecule has 6 nitrogen and oxygen atoms in total. The molecule has 1 aromatic rings. The van der Waals surface area contributed by atoms with Crippen molar-refractivity contribution in [3.05, 3.63) is 35.4 Å². The van der Waals surface area contributed by atoms with Gasteiger partial charge in [0.05, 0.1) is 0 Å². The molecule has 3 amide bonds. The second-order valence-corrected chi connectivity index (χ2v) is 7.44. The predicted molar refractivity (Wildman–Crippen MR) is 87.3 cm³/mol. The van der Waals surface area contributed by atoms with Crippen LogP contribution in [-0.4, -0.2) is 40.5 Å². The molecule has 1 aromatic carbocycles. The van der Waals surface area contributed by atoms with E-state index < -0.39 is 23.1 Å². The summed E-state index contributed by atoms with van der Waals surface area (Å²) in [5.41, 5.74) is 0.679. The zero-order valence-corrected chi connectivity index (χ0v) is 14.2. The third-order valence-electron chi connectivity index (χ3n) is 4.38. The van der Waals surface area contributed by atoms with Gasteiger partial charge in [-0.25, -0.2) is 4.79 Å². The number of carbonyl (C=O) groups excluding carboxylic acids is 3. The first-order valence-electron chi connectivity index (χ1n) is 8.13. The SMILES string of the molecule is CC(C)(C)OC(=O)CN1C(=O)NC2(CCc3ccccc3C2)C1=O. The molecule has 0 saturated carbocycles. The van der Waals surface area contributed by atoms with Crippen LogP contribution in [0.15, 0.2) is 24.3 Å². The Morgan fingerprint density at radius 1 is 1.25 bits per heavy atom. The Labute approximate surface area is 141 Å². The van der Waals surface area contributed by atoms with E-state index in [1.54, 1.807) is 20.8 Å². The maximum Gasteiger partial charge on any atom is 0.326 e. The van der Waals surface area contributed by atoms with Gasteiger partial charge < -0.3 is 10.1 Å². The monoisotopic (exact) mass is 330 g/mol. The van der Waals surface area contributed by atoms with E-state index in [9.17, 15) is 14.4 Å². The number of imide groups is 1. The molecular weight excluding hydrogens is 308 g/mol. The zero-order valence-electron chi connectivity index (χ0n) is 14.2. The van der Waals surface area contributed by atoms with Crippen LogP contribution in [0.4, 0.5) is 4.79 Å². The first-order valence-corrected chi connectivity index (χ1v) is 8.13. The molecule has 1 atom stereocenters. The fourth-order valence-electron chi connectivity index (χ4n) is 3.35. The van der Waals surface area contributed by atoms with Crippen molar-refractivity contribution in [2.45, 2.75) is 51.2 Å². The van der Waals surface area contributed by atoms with Crippen molar-refractivity contribution in [3.63, 3.8) is 0 Å². The van der Waals surface area contributed by atoms with E-state index in [4.69, 9.17) is 4.74 Å². The topological polar surface area (TPSA) is 75.7 Å². The fraction of sp³-hybridized carbons (Fsp3) is 0.500. The molecule has 1 aliphatic carbocycles. The number of nitrogens with one attached hydrogen (secondary N) is 1. The van der Waals surface area contributed by atoms with Crippen LogP contribution >= 0.6 is 0 Å². The van der Waals surface area contributed by atoms with Crippen molar-refractivity contribution < 1.29 is 19.1 Å². The largest absolute Gasteiger partial charge is 0.459 e. The minimum absolute atomic E-state index is 0.340. The van der Waals surface area contributed by atoms with Gasteiger partial charge in [-0.3, -0.25) is 14.5 Å². The number of hydrogen-bond donors (Lipinski definition) is 1. The Morgan fingerprint density at radius 2 is 1.92 bits per heavy atom. The number of rotatable bonds is 2. The van der Waals surface area contributed by atoms with Crippen LogP contribution in [0.2, 0.25) is 0 Å². The Hall–Kier alpha value is -2.37. The van der Waals surface area contributed by atoms with Gasteiger partial charge in [-0.1, -0.05) is 24.3 Å². The van der Waals surface area contributed by atoms with Crippen LogP contribution in [-0.2, 0) is 27.2 Å². The molecule has 1 fully saturated rings. The summed E-state index contributed by atoms with van der Waals surface area (Å²) in [5.74, 6) is -0.924. The van der Waals surface area contributed by atoms with E-state index >= 15 is 0 Å². The Bertz CT molecular complexity index is 707. The summed E-state index contributed by atoms with van der Waals surface area (Å²) in [4.78, 5) is 38.0. The third kappa shape index (κ3) is 3.00. The Balaban J connectivity index is 1.76. The number of ether oxygens (including phenoxy) is 1. The first-order chi connectivity index (χ1) is 11.2. The number of carbonyl (C=O) groups is 3. The number of urea groups is 1. The number of amides is 3. The lowest BCUT2D eigenvalue weighted by atomic mass is 9.78. The number of nitrogens with zero attached hydrogens (tertiary/aromatic N) is 1. The van der Waals surface area contributed by atoms with Crippen molar-refractivity contribution in [2.75, 3.05) is 6.54 Å². The van der Waals surface area contributed by atoms with Crippen molar-refractivity contribution in [1.82, 2.24) is 10.2 Å². The molecule has 2 aliphatic rings. The summed E-state index contributed by atoms with van der Waals surface area (Å²) in [7, 11) is 0. The van der Waals surface area contributed by atoms with Gasteiger partial charge in [-0.05, 0) is 44.7 Å². The highest BCUT2D eigenvalue weighted by atomic mass is 16.6.